The van der Waals surface area contributed by atoms with Crippen molar-refractivity contribution < 1.29 is 4.79 Å². The van der Waals surface area contributed by atoms with Gasteiger partial charge in [0.05, 0.1) is 11.9 Å². The molecule has 0 aromatic carbocycles. The van der Waals surface area contributed by atoms with Gasteiger partial charge < -0.3 is 11.1 Å². The fourth-order valence-corrected chi connectivity index (χ4v) is 1.61. The molecule has 1 atom stereocenters. The van der Waals surface area contributed by atoms with Crippen molar-refractivity contribution in [2.45, 2.75) is 66.0 Å². The van der Waals surface area contributed by atoms with E-state index in [0.717, 1.165) is 0 Å². The second-order valence-corrected chi connectivity index (χ2v) is 6.63. The highest BCUT2D eigenvalue weighted by Crippen LogP contribution is 2.20. The quantitative estimate of drug-likeness (QED) is 0.509. The van der Waals surface area contributed by atoms with Crippen LogP contribution in [0.25, 0.3) is 0 Å². The maximum Gasteiger partial charge on any atom is 0.155 e. The summed E-state index contributed by atoms with van der Waals surface area (Å²) >= 11 is 0. The van der Waals surface area contributed by atoms with E-state index < -0.39 is 0 Å². The zero-order chi connectivity index (χ0) is 13.9. The van der Waals surface area contributed by atoms with Crippen LogP contribution in [0.5, 0.6) is 0 Å². The number of rotatable bonds is 5. The van der Waals surface area contributed by atoms with Gasteiger partial charge in [-0.2, -0.15) is 0 Å². The van der Waals surface area contributed by atoms with Crippen molar-refractivity contribution >= 4 is 11.6 Å². The number of Topliss-reactive ketones (excluding diaryl/α,β-unsaturated/α-hetero) is 1. The molecular weight excluding hydrogens is 214 g/mol. The lowest BCUT2D eigenvalue weighted by molar-refractivity contribution is -0.129. The maximum atomic E-state index is 12.3. The number of nitrogens with two attached hydrogens (primary N) is 1. The summed E-state index contributed by atoms with van der Waals surface area (Å²) in [7, 11) is 0. The third kappa shape index (κ3) is 7.10. The average molecular weight is 241 g/mol. The van der Waals surface area contributed by atoms with Crippen molar-refractivity contribution in [1.82, 2.24) is 5.32 Å². The van der Waals surface area contributed by atoms with Crippen LogP contribution in [0.4, 0.5) is 0 Å². The molecule has 0 saturated carbocycles. The van der Waals surface area contributed by atoms with E-state index in [1.54, 1.807) is 0 Å². The molecule has 17 heavy (non-hydrogen) atoms. The Balaban J connectivity index is 4.73. The third-order valence-electron chi connectivity index (χ3n) is 2.37. The largest absolute Gasteiger partial charge is 0.388 e. The van der Waals surface area contributed by atoms with Crippen LogP contribution in [-0.2, 0) is 4.79 Å². The Kier molecular flexibility index (Phi) is 5.33. The molecule has 100 valence electrons. The van der Waals surface area contributed by atoms with Crippen molar-refractivity contribution in [3.63, 3.8) is 0 Å². The van der Waals surface area contributed by atoms with E-state index in [9.17, 15) is 4.79 Å². The standard InChI is InChI=1S/C13H27N3O/c1-12(2,3)11(17)9(7-8-10(14)15)16-13(4,5)6/h9,16H,7-8H2,1-6H3,(H3,14,15). The summed E-state index contributed by atoms with van der Waals surface area (Å²) in [6.07, 6.45) is 1.04. The van der Waals surface area contributed by atoms with E-state index in [-0.39, 0.29) is 28.6 Å². The number of carbonyl (C=O) groups excluding carboxylic acids is 1. The second-order valence-electron chi connectivity index (χ2n) is 6.63. The van der Waals surface area contributed by atoms with Crippen molar-refractivity contribution in [1.29, 1.82) is 5.41 Å². The van der Waals surface area contributed by atoms with Gasteiger partial charge in [0.25, 0.3) is 0 Å². The summed E-state index contributed by atoms with van der Waals surface area (Å²) < 4.78 is 0. The van der Waals surface area contributed by atoms with Crippen LogP contribution in [0.15, 0.2) is 0 Å². The predicted molar refractivity (Wildman–Crippen MR) is 72.3 cm³/mol. The summed E-state index contributed by atoms with van der Waals surface area (Å²) in [5.74, 6) is 0.307. The third-order valence-corrected chi connectivity index (χ3v) is 2.37. The summed E-state index contributed by atoms with van der Waals surface area (Å²) in [5.41, 5.74) is 4.86. The molecule has 1 unspecified atom stereocenters. The number of amidine groups is 1. The number of ketones is 1. The smallest absolute Gasteiger partial charge is 0.155 e. The molecule has 0 bridgehead atoms. The first-order valence-corrected chi connectivity index (χ1v) is 6.08. The van der Waals surface area contributed by atoms with Crippen LogP contribution in [0.1, 0.15) is 54.4 Å². The van der Waals surface area contributed by atoms with E-state index >= 15 is 0 Å². The van der Waals surface area contributed by atoms with Gasteiger partial charge in [0.2, 0.25) is 0 Å². The van der Waals surface area contributed by atoms with Gasteiger partial charge in [-0.15, -0.1) is 0 Å². The minimum Gasteiger partial charge on any atom is -0.388 e. The Labute approximate surface area is 105 Å². The molecule has 0 fully saturated rings. The summed E-state index contributed by atoms with van der Waals surface area (Å²) in [6.45, 7) is 11.8. The molecule has 4 N–H and O–H groups in total. The van der Waals surface area contributed by atoms with Crippen LogP contribution in [0, 0.1) is 10.8 Å². The molecule has 4 nitrogen and oxygen atoms in total. The zero-order valence-electron chi connectivity index (χ0n) is 12.0. The molecule has 0 aliphatic rings. The first-order valence-electron chi connectivity index (χ1n) is 6.08. The van der Waals surface area contributed by atoms with Gasteiger partial charge in [-0.25, -0.2) is 0 Å². The van der Waals surface area contributed by atoms with Crippen molar-refractivity contribution in [3.8, 4) is 0 Å². The molecule has 4 heteroatoms. The molecule has 0 aliphatic carbocycles. The lowest BCUT2D eigenvalue weighted by atomic mass is 9.84. The number of hydrogen-bond donors (Lipinski definition) is 3. The SMILES string of the molecule is CC(C)(C)NC(CCC(=N)N)C(=O)C(C)(C)C. The Morgan fingerprint density at radius 1 is 1.24 bits per heavy atom. The molecule has 0 aromatic rings. The normalized spacial score (nSPS) is 14.5. The molecule has 0 aliphatic heterocycles. The van der Waals surface area contributed by atoms with Crippen LogP contribution in [0.2, 0.25) is 0 Å². The maximum absolute atomic E-state index is 12.3. The summed E-state index contributed by atoms with van der Waals surface area (Å²) in [6, 6.07) is -0.237. The molecule has 0 aromatic heterocycles. The first-order chi connectivity index (χ1) is 7.43. The fraction of sp³-hybridized carbons (Fsp3) is 0.846. The van der Waals surface area contributed by atoms with Gasteiger partial charge in [0, 0.05) is 17.4 Å². The molecule has 0 rings (SSSR count). The Morgan fingerprint density at radius 2 is 1.71 bits per heavy atom. The van der Waals surface area contributed by atoms with E-state index in [1.807, 2.05) is 41.5 Å². The highest BCUT2D eigenvalue weighted by atomic mass is 16.1. The molecule has 0 radical (unpaired) electrons. The Bertz CT molecular complexity index is 284. The molecule has 0 spiro atoms. The minimum atomic E-state index is -0.375. The van der Waals surface area contributed by atoms with Gasteiger partial charge in [-0.1, -0.05) is 20.8 Å². The van der Waals surface area contributed by atoms with Gasteiger partial charge in [0.1, 0.15) is 0 Å². The summed E-state index contributed by atoms with van der Waals surface area (Å²) in [5, 5.41) is 10.6. The van der Waals surface area contributed by atoms with Crippen molar-refractivity contribution in [3.05, 3.63) is 0 Å². The van der Waals surface area contributed by atoms with Crippen LogP contribution < -0.4 is 11.1 Å². The zero-order valence-corrected chi connectivity index (χ0v) is 12.0. The van der Waals surface area contributed by atoms with Crippen LogP contribution in [0.3, 0.4) is 0 Å². The van der Waals surface area contributed by atoms with Gasteiger partial charge in [0.15, 0.2) is 5.78 Å². The van der Waals surface area contributed by atoms with E-state index in [2.05, 4.69) is 5.32 Å². The lowest BCUT2D eigenvalue weighted by Crippen LogP contribution is -2.51. The van der Waals surface area contributed by atoms with E-state index in [0.29, 0.717) is 12.8 Å². The number of hydrogen-bond acceptors (Lipinski definition) is 3. The average Bonchev–Trinajstić information content (AvgIpc) is 2.07. The highest BCUT2D eigenvalue weighted by Gasteiger charge is 2.31. The Hall–Kier alpha value is -0.900. The highest BCUT2D eigenvalue weighted by molar-refractivity contribution is 5.89. The predicted octanol–water partition coefficient (Wildman–Crippen LogP) is 2.07. The van der Waals surface area contributed by atoms with Crippen molar-refractivity contribution in [2.75, 3.05) is 0 Å². The topological polar surface area (TPSA) is 79.0 Å². The number of carbonyl (C=O) groups is 1. The molecule has 0 heterocycles. The van der Waals surface area contributed by atoms with E-state index in [4.69, 9.17) is 11.1 Å². The van der Waals surface area contributed by atoms with Gasteiger partial charge in [-0.3, -0.25) is 10.2 Å². The molecular formula is C13H27N3O. The van der Waals surface area contributed by atoms with E-state index in [1.165, 1.54) is 0 Å². The second kappa shape index (κ2) is 5.63. The number of nitrogens with one attached hydrogen (secondary N) is 2. The molecule has 0 saturated heterocycles. The first kappa shape index (κ1) is 16.1. The minimum absolute atomic E-state index is 0.123. The Morgan fingerprint density at radius 3 is 2.00 bits per heavy atom. The van der Waals surface area contributed by atoms with Gasteiger partial charge in [-0.05, 0) is 27.2 Å². The molecule has 0 amide bonds. The summed E-state index contributed by atoms with van der Waals surface area (Å²) in [4.78, 5) is 12.3. The van der Waals surface area contributed by atoms with Crippen LogP contribution >= 0.6 is 0 Å². The van der Waals surface area contributed by atoms with Crippen LogP contribution in [-0.4, -0.2) is 23.2 Å². The fourth-order valence-electron chi connectivity index (χ4n) is 1.61. The van der Waals surface area contributed by atoms with Crippen molar-refractivity contribution in [2.24, 2.45) is 11.1 Å². The monoisotopic (exact) mass is 241 g/mol. The van der Waals surface area contributed by atoms with Gasteiger partial charge >= 0.3 is 0 Å². The lowest BCUT2D eigenvalue weighted by Gasteiger charge is -2.31.